The smallest absolute Gasteiger partial charge is 0.232 e. The van der Waals surface area contributed by atoms with E-state index in [2.05, 4.69) is 0 Å². The summed E-state index contributed by atoms with van der Waals surface area (Å²) in [5.41, 5.74) is 1.70. The summed E-state index contributed by atoms with van der Waals surface area (Å²) in [6, 6.07) is 13.4. The van der Waals surface area contributed by atoms with Gasteiger partial charge in [0.05, 0.1) is 5.56 Å². The van der Waals surface area contributed by atoms with Gasteiger partial charge in [-0.1, -0.05) is 18.2 Å². The molecule has 0 radical (unpaired) electrons. The highest BCUT2D eigenvalue weighted by molar-refractivity contribution is 6.15. The monoisotopic (exact) mass is 364 g/mol. The molecule has 1 aliphatic heterocycles. The molecule has 4 rings (SSSR count). The molecule has 136 valence electrons. The number of Topliss-reactive ketones (excluding diaryl/α,β-unsaturated/α-hetero) is 1. The van der Waals surface area contributed by atoms with E-state index >= 15 is 0 Å². The number of hydrogen-bond donors (Lipinski definition) is 0. The van der Waals surface area contributed by atoms with Crippen LogP contribution in [0.5, 0.6) is 11.5 Å². The van der Waals surface area contributed by atoms with Crippen molar-refractivity contribution in [1.82, 2.24) is 0 Å². The molecule has 0 saturated carbocycles. The van der Waals surface area contributed by atoms with Crippen LogP contribution in [0.1, 0.15) is 33.0 Å². The minimum atomic E-state index is -0.319. The van der Waals surface area contributed by atoms with E-state index in [1.165, 1.54) is 6.07 Å². The van der Waals surface area contributed by atoms with Crippen LogP contribution < -0.4 is 9.47 Å². The Balaban J connectivity index is 1.58. The van der Waals surface area contributed by atoms with Crippen LogP contribution >= 0.6 is 0 Å². The highest BCUT2D eigenvalue weighted by Crippen LogP contribution is 2.37. The van der Waals surface area contributed by atoms with Gasteiger partial charge in [0.1, 0.15) is 35.4 Å². The van der Waals surface area contributed by atoms with Gasteiger partial charge in [-0.15, -0.1) is 0 Å². The number of carbonyl (C=O) groups is 1. The Morgan fingerprint density at radius 2 is 1.93 bits per heavy atom. The van der Waals surface area contributed by atoms with Crippen molar-refractivity contribution in [2.24, 2.45) is 0 Å². The van der Waals surface area contributed by atoms with Crippen LogP contribution in [0.25, 0.3) is 6.08 Å². The predicted molar refractivity (Wildman–Crippen MR) is 98.3 cm³/mol. The zero-order chi connectivity index (χ0) is 19.0. The molecule has 0 amide bonds. The molecule has 0 bridgehead atoms. The van der Waals surface area contributed by atoms with Crippen LogP contribution in [0.15, 0.2) is 58.7 Å². The van der Waals surface area contributed by atoms with Gasteiger partial charge in [-0.3, -0.25) is 4.79 Å². The van der Waals surface area contributed by atoms with Crippen LogP contribution in [0.3, 0.4) is 0 Å². The van der Waals surface area contributed by atoms with Gasteiger partial charge < -0.3 is 13.9 Å². The Morgan fingerprint density at radius 3 is 2.67 bits per heavy atom. The van der Waals surface area contributed by atoms with Crippen LogP contribution in [-0.4, -0.2) is 5.78 Å². The fourth-order valence-corrected chi connectivity index (χ4v) is 3.00. The number of ketones is 1. The van der Waals surface area contributed by atoms with Gasteiger partial charge in [-0.25, -0.2) is 4.39 Å². The molecule has 4 nitrogen and oxygen atoms in total. The first kappa shape index (κ1) is 17.1. The normalized spacial score (nSPS) is 14.3. The Hall–Kier alpha value is -3.34. The van der Waals surface area contributed by atoms with E-state index in [-0.39, 0.29) is 24.0 Å². The molecule has 27 heavy (non-hydrogen) atoms. The molecule has 0 unspecified atom stereocenters. The summed E-state index contributed by atoms with van der Waals surface area (Å²) in [6.07, 6.45) is 1.58. The lowest BCUT2D eigenvalue weighted by Gasteiger charge is -2.09. The summed E-state index contributed by atoms with van der Waals surface area (Å²) in [5.74, 6) is 1.93. The van der Waals surface area contributed by atoms with Gasteiger partial charge in [-0.05, 0) is 43.7 Å². The zero-order valence-corrected chi connectivity index (χ0v) is 14.9. The second-order valence-electron chi connectivity index (χ2n) is 6.38. The number of ether oxygens (including phenoxy) is 2. The summed E-state index contributed by atoms with van der Waals surface area (Å²) in [7, 11) is 0. The van der Waals surface area contributed by atoms with Crippen LogP contribution in [0.2, 0.25) is 0 Å². The van der Waals surface area contributed by atoms with Crippen molar-refractivity contribution in [3.63, 3.8) is 0 Å². The highest BCUT2D eigenvalue weighted by Gasteiger charge is 2.30. The number of allylic oxidation sites excluding steroid dienone is 1. The van der Waals surface area contributed by atoms with Crippen LogP contribution in [0.4, 0.5) is 4.39 Å². The Bertz CT molecular complexity index is 1060. The molecule has 1 aliphatic rings. The van der Waals surface area contributed by atoms with E-state index < -0.39 is 0 Å². The molecule has 0 aliphatic carbocycles. The van der Waals surface area contributed by atoms with E-state index in [0.29, 0.717) is 28.4 Å². The Morgan fingerprint density at radius 1 is 1.11 bits per heavy atom. The number of hydrogen-bond acceptors (Lipinski definition) is 4. The minimum absolute atomic E-state index is 0.0905. The van der Waals surface area contributed by atoms with Gasteiger partial charge in [0.25, 0.3) is 0 Å². The summed E-state index contributed by atoms with van der Waals surface area (Å²) in [4.78, 5) is 12.6. The van der Waals surface area contributed by atoms with Crippen molar-refractivity contribution in [2.45, 2.75) is 20.5 Å². The maximum absolute atomic E-state index is 13.7. The second-order valence-corrected chi connectivity index (χ2v) is 6.38. The topological polar surface area (TPSA) is 48.7 Å². The van der Waals surface area contributed by atoms with Crippen molar-refractivity contribution in [3.8, 4) is 11.5 Å². The first-order chi connectivity index (χ1) is 13.0. The number of furan rings is 1. The van der Waals surface area contributed by atoms with Crippen LogP contribution in [-0.2, 0) is 6.61 Å². The zero-order valence-electron chi connectivity index (χ0n) is 14.9. The van der Waals surface area contributed by atoms with E-state index in [1.807, 2.05) is 19.9 Å². The maximum Gasteiger partial charge on any atom is 0.232 e. The molecule has 5 heteroatoms. The number of carbonyl (C=O) groups excluding carboxylic acids is 1. The SMILES string of the molecule is Cc1ccc(/C=C2\Oc3cc(OCc4ccccc4F)cc(C)c3C2=O)o1. The molecule has 3 aromatic rings. The largest absolute Gasteiger partial charge is 0.489 e. The highest BCUT2D eigenvalue weighted by atomic mass is 19.1. The van der Waals surface area contributed by atoms with Gasteiger partial charge in [0.2, 0.25) is 5.78 Å². The third kappa shape index (κ3) is 3.36. The third-order valence-corrected chi connectivity index (χ3v) is 4.33. The second kappa shape index (κ2) is 6.76. The quantitative estimate of drug-likeness (QED) is 0.595. The average molecular weight is 364 g/mol. The molecule has 0 N–H and O–H groups in total. The molecule has 0 atom stereocenters. The van der Waals surface area contributed by atoms with Gasteiger partial charge in [-0.2, -0.15) is 0 Å². The molecule has 2 heterocycles. The van der Waals surface area contributed by atoms with Gasteiger partial charge in [0, 0.05) is 17.7 Å². The summed E-state index contributed by atoms with van der Waals surface area (Å²) in [5, 5.41) is 0. The predicted octanol–water partition coefficient (Wildman–Crippen LogP) is 5.23. The Labute approximate surface area is 155 Å². The number of rotatable bonds is 4. The number of halogens is 1. The van der Waals surface area contributed by atoms with Crippen molar-refractivity contribution >= 4 is 11.9 Å². The van der Waals surface area contributed by atoms with Crippen molar-refractivity contribution in [2.75, 3.05) is 0 Å². The molecular weight excluding hydrogens is 347 g/mol. The molecule has 0 fully saturated rings. The summed E-state index contributed by atoms with van der Waals surface area (Å²) in [6.45, 7) is 3.74. The van der Waals surface area contributed by atoms with E-state index in [4.69, 9.17) is 13.9 Å². The number of aryl methyl sites for hydroxylation is 2. The molecule has 0 saturated heterocycles. The van der Waals surface area contributed by atoms with Crippen LogP contribution in [0, 0.1) is 19.7 Å². The maximum atomic E-state index is 13.7. The number of fused-ring (bicyclic) bond motifs is 1. The van der Waals surface area contributed by atoms with Gasteiger partial charge >= 0.3 is 0 Å². The van der Waals surface area contributed by atoms with Gasteiger partial charge in [0.15, 0.2) is 5.76 Å². The fraction of sp³-hybridized carbons (Fsp3) is 0.136. The number of benzene rings is 2. The Kier molecular flexibility index (Phi) is 4.28. The molecule has 1 aromatic heterocycles. The first-order valence-electron chi connectivity index (χ1n) is 8.53. The van der Waals surface area contributed by atoms with Crippen molar-refractivity contribution in [3.05, 3.63) is 88.3 Å². The summed E-state index contributed by atoms with van der Waals surface area (Å²) < 4.78 is 30.6. The standard InChI is InChI=1S/C22H17FO4/c1-13-9-17(25-12-15-5-3-4-6-18(15)23)11-19-21(13)22(24)20(27-19)10-16-8-7-14(2)26-16/h3-11H,12H2,1-2H3/b20-10-. The van der Waals surface area contributed by atoms with E-state index in [1.54, 1.807) is 42.5 Å². The lowest BCUT2D eigenvalue weighted by atomic mass is 10.0. The lowest BCUT2D eigenvalue weighted by Crippen LogP contribution is -2.00. The molecule has 2 aromatic carbocycles. The molecular formula is C22H17FO4. The fourth-order valence-electron chi connectivity index (χ4n) is 3.00. The first-order valence-corrected chi connectivity index (χ1v) is 8.53. The lowest BCUT2D eigenvalue weighted by molar-refractivity contribution is 0.101. The van der Waals surface area contributed by atoms with E-state index in [0.717, 1.165) is 11.3 Å². The van der Waals surface area contributed by atoms with Crippen molar-refractivity contribution < 1.29 is 23.1 Å². The average Bonchev–Trinajstić information content (AvgIpc) is 3.18. The van der Waals surface area contributed by atoms with E-state index in [9.17, 15) is 9.18 Å². The summed E-state index contributed by atoms with van der Waals surface area (Å²) >= 11 is 0. The third-order valence-electron chi connectivity index (χ3n) is 4.33. The van der Waals surface area contributed by atoms with Crippen molar-refractivity contribution in [1.29, 1.82) is 0 Å². The minimum Gasteiger partial charge on any atom is -0.489 e. The molecule has 0 spiro atoms.